The lowest BCUT2D eigenvalue weighted by atomic mass is 9.90. The van der Waals surface area contributed by atoms with Gasteiger partial charge in [-0.15, -0.1) is 0 Å². The maximum absolute atomic E-state index is 12.5. The Bertz CT molecular complexity index is 538. The van der Waals surface area contributed by atoms with Gasteiger partial charge in [0.1, 0.15) is 5.54 Å². The third-order valence-electron chi connectivity index (χ3n) is 4.53. The van der Waals surface area contributed by atoms with Gasteiger partial charge in [-0.1, -0.05) is 12.1 Å². The van der Waals surface area contributed by atoms with Crippen LogP contribution < -0.4 is 11.1 Å². The van der Waals surface area contributed by atoms with Gasteiger partial charge in [-0.3, -0.25) is 9.69 Å². The molecule has 2 fully saturated rings. The number of hydrogen-bond donors (Lipinski definition) is 2. The first-order valence-corrected chi connectivity index (χ1v) is 8.23. The molecule has 3 N–H and O–H groups in total. The van der Waals surface area contributed by atoms with E-state index in [0.717, 1.165) is 38.5 Å². The topological polar surface area (TPSA) is 76.8 Å². The van der Waals surface area contributed by atoms with E-state index in [0.29, 0.717) is 26.1 Å². The molecule has 2 aliphatic heterocycles. The summed E-state index contributed by atoms with van der Waals surface area (Å²) in [5.41, 5.74) is 7.39. The second-order valence-corrected chi connectivity index (χ2v) is 6.31. The van der Waals surface area contributed by atoms with E-state index in [9.17, 15) is 4.79 Å². The van der Waals surface area contributed by atoms with E-state index < -0.39 is 5.54 Å². The van der Waals surface area contributed by atoms with Crippen molar-refractivity contribution < 1.29 is 14.3 Å². The Morgan fingerprint density at radius 1 is 1.17 bits per heavy atom. The Hall–Kier alpha value is -1.47. The fourth-order valence-electron chi connectivity index (χ4n) is 2.98. The van der Waals surface area contributed by atoms with Crippen LogP contribution in [0.15, 0.2) is 24.3 Å². The molecule has 23 heavy (non-hydrogen) atoms. The summed E-state index contributed by atoms with van der Waals surface area (Å²) in [6.07, 6.45) is 1.12. The molecule has 2 heterocycles. The number of carbonyl (C=O) groups is 1. The number of carbonyl (C=O) groups excluding carboxylic acids is 1. The van der Waals surface area contributed by atoms with Crippen molar-refractivity contribution in [2.24, 2.45) is 5.73 Å². The van der Waals surface area contributed by atoms with Crippen molar-refractivity contribution in [1.29, 1.82) is 0 Å². The Morgan fingerprint density at radius 3 is 2.61 bits per heavy atom. The highest BCUT2D eigenvalue weighted by Gasteiger charge is 2.35. The van der Waals surface area contributed by atoms with Crippen LogP contribution in [-0.2, 0) is 20.8 Å². The summed E-state index contributed by atoms with van der Waals surface area (Å²) in [4.78, 5) is 14.8. The number of amides is 1. The first kappa shape index (κ1) is 16.4. The smallest absolute Gasteiger partial charge is 0.244 e. The number of rotatable bonds is 4. The SMILES string of the molecule is NC1(C(=O)Nc2cccc(CN3CCOCC3)c2)CCOCC1. The van der Waals surface area contributed by atoms with Crippen LogP contribution in [0.25, 0.3) is 0 Å². The highest BCUT2D eigenvalue weighted by atomic mass is 16.5. The van der Waals surface area contributed by atoms with Gasteiger partial charge in [0.2, 0.25) is 5.91 Å². The average molecular weight is 319 g/mol. The molecule has 0 radical (unpaired) electrons. The van der Waals surface area contributed by atoms with Crippen molar-refractivity contribution in [2.75, 3.05) is 44.8 Å². The molecule has 0 aliphatic carbocycles. The molecule has 1 aromatic rings. The van der Waals surface area contributed by atoms with Crippen LogP contribution in [-0.4, -0.2) is 55.9 Å². The first-order chi connectivity index (χ1) is 11.2. The molecule has 6 heteroatoms. The van der Waals surface area contributed by atoms with Crippen LogP contribution in [0, 0.1) is 0 Å². The number of nitrogens with zero attached hydrogens (tertiary/aromatic N) is 1. The van der Waals surface area contributed by atoms with Crippen LogP contribution in [0.4, 0.5) is 5.69 Å². The number of anilines is 1. The highest BCUT2D eigenvalue weighted by Crippen LogP contribution is 2.21. The lowest BCUT2D eigenvalue weighted by molar-refractivity contribution is -0.124. The molecule has 126 valence electrons. The first-order valence-electron chi connectivity index (χ1n) is 8.23. The van der Waals surface area contributed by atoms with Gasteiger partial charge in [-0.25, -0.2) is 0 Å². The van der Waals surface area contributed by atoms with E-state index >= 15 is 0 Å². The van der Waals surface area contributed by atoms with Gasteiger partial charge in [0.15, 0.2) is 0 Å². The third kappa shape index (κ3) is 4.29. The molecule has 0 bridgehead atoms. The molecule has 0 aromatic heterocycles. The second kappa shape index (κ2) is 7.40. The standard InChI is InChI=1S/C17H25N3O3/c18-17(4-8-22-9-5-17)16(21)19-15-3-1-2-14(12-15)13-20-6-10-23-11-7-20/h1-3,12H,4-11,13,18H2,(H,19,21). The van der Waals surface area contributed by atoms with E-state index in [2.05, 4.69) is 16.3 Å². The fourth-order valence-corrected chi connectivity index (χ4v) is 2.98. The van der Waals surface area contributed by atoms with Crippen LogP contribution in [0.1, 0.15) is 18.4 Å². The van der Waals surface area contributed by atoms with Gasteiger partial charge in [-0.05, 0) is 30.5 Å². The predicted octanol–water partition coefficient (Wildman–Crippen LogP) is 0.965. The van der Waals surface area contributed by atoms with E-state index in [4.69, 9.17) is 15.2 Å². The second-order valence-electron chi connectivity index (χ2n) is 6.31. The molecule has 3 rings (SSSR count). The summed E-state index contributed by atoms with van der Waals surface area (Å²) in [7, 11) is 0. The molecular formula is C17H25N3O3. The quantitative estimate of drug-likeness (QED) is 0.864. The van der Waals surface area contributed by atoms with Crippen molar-refractivity contribution >= 4 is 11.6 Å². The summed E-state index contributed by atoms with van der Waals surface area (Å²) in [5.74, 6) is -0.121. The maximum atomic E-state index is 12.5. The maximum Gasteiger partial charge on any atom is 0.244 e. The third-order valence-corrected chi connectivity index (χ3v) is 4.53. The van der Waals surface area contributed by atoms with Gasteiger partial charge in [0, 0.05) is 38.5 Å². The van der Waals surface area contributed by atoms with Crippen LogP contribution in [0.5, 0.6) is 0 Å². The summed E-state index contributed by atoms with van der Waals surface area (Å²) >= 11 is 0. The summed E-state index contributed by atoms with van der Waals surface area (Å²) in [6, 6.07) is 7.98. The van der Waals surface area contributed by atoms with Gasteiger partial charge < -0.3 is 20.5 Å². The molecule has 0 saturated carbocycles. The Kier molecular flexibility index (Phi) is 5.27. The van der Waals surface area contributed by atoms with Crippen molar-refractivity contribution in [2.45, 2.75) is 24.9 Å². The van der Waals surface area contributed by atoms with E-state index in [-0.39, 0.29) is 5.91 Å². The van der Waals surface area contributed by atoms with Crippen molar-refractivity contribution in [3.8, 4) is 0 Å². The Balaban J connectivity index is 1.61. The summed E-state index contributed by atoms with van der Waals surface area (Å²) in [5, 5.41) is 2.97. The van der Waals surface area contributed by atoms with Gasteiger partial charge >= 0.3 is 0 Å². The highest BCUT2D eigenvalue weighted by molar-refractivity contribution is 5.98. The molecule has 0 atom stereocenters. The van der Waals surface area contributed by atoms with Gasteiger partial charge in [0.05, 0.1) is 13.2 Å². The van der Waals surface area contributed by atoms with Crippen molar-refractivity contribution in [3.63, 3.8) is 0 Å². The molecule has 0 unspecified atom stereocenters. The number of nitrogens with two attached hydrogens (primary N) is 1. The van der Waals surface area contributed by atoms with Crippen molar-refractivity contribution in [1.82, 2.24) is 4.90 Å². The normalized spacial score (nSPS) is 21.8. The lowest BCUT2D eigenvalue weighted by Crippen LogP contribution is -2.54. The number of ether oxygens (including phenoxy) is 2. The molecule has 1 aromatic carbocycles. The van der Waals surface area contributed by atoms with E-state index in [1.54, 1.807) is 0 Å². The van der Waals surface area contributed by atoms with Crippen LogP contribution >= 0.6 is 0 Å². The molecular weight excluding hydrogens is 294 g/mol. The summed E-state index contributed by atoms with van der Waals surface area (Å²) in [6.45, 7) is 5.42. The van der Waals surface area contributed by atoms with E-state index in [1.807, 2.05) is 18.2 Å². The minimum atomic E-state index is -0.821. The molecule has 1 amide bonds. The largest absolute Gasteiger partial charge is 0.381 e. The zero-order chi connectivity index (χ0) is 16.1. The lowest BCUT2D eigenvalue weighted by Gasteiger charge is -2.31. The number of morpholine rings is 1. The van der Waals surface area contributed by atoms with Crippen molar-refractivity contribution in [3.05, 3.63) is 29.8 Å². The Morgan fingerprint density at radius 2 is 1.87 bits per heavy atom. The summed E-state index contributed by atoms with van der Waals surface area (Å²) < 4.78 is 10.7. The zero-order valence-electron chi connectivity index (χ0n) is 13.4. The number of benzene rings is 1. The average Bonchev–Trinajstić information content (AvgIpc) is 2.57. The predicted molar refractivity (Wildman–Crippen MR) is 88.1 cm³/mol. The molecule has 0 spiro atoms. The van der Waals surface area contributed by atoms with Gasteiger partial charge in [0.25, 0.3) is 0 Å². The number of nitrogens with one attached hydrogen (secondary N) is 1. The zero-order valence-corrected chi connectivity index (χ0v) is 13.4. The Labute approximate surface area is 136 Å². The van der Waals surface area contributed by atoms with E-state index in [1.165, 1.54) is 5.56 Å². The van der Waals surface area contributed by atoms with Crippen LogP contribution in [0.3, 0.4) is 0 Å². The minimum Gasteiger partial charge on any atom is -0.381 e. The van der Waals surface area contributed by atoms with Crippen LogP contribution in [0.2, 0.25) is 0 Å². The minimum absolute atomic E-state index is 0.121. The molecule has 6 nitrogen and oxygen atoms in total. The fraction of sp³-hybridized carbons (Fsp3) is 0.588. The molecule has 2 aliphatic rings. The number of hydrogen-bond acceptors (Lipinski definition) is 5. The monoisotopic (exact) mass is 319 g/mol. The molecule has 2 saturated heterocycles. The van der Waals surface area contributed by atoms with Gasteiger partial charge in [-0.2, -0.15) is 0 Å².